The highest BCUT2D eigenvalue weighted by Gasteiger charge is 2.26. The Bertz CT molecular complexity index is 1050. The number of hydrogen-bond donors (Lipinski definition) is 1. The number of aromatic nitrogens is 2. The maximum atomic E-state index is 11.7. The number of ether oxygens (including phenoxy) is 1. The first-order valence-corrected chi connectivity index (χ1v) is 8.99. The third-order valence-corrected chi connectivity index (χ3v) is 5.12. The van der Waals surface area contributed by atoms with E-state index in [1.54, 1.807) is 37.3 Å². The van der Waals surface area contributed by atoms with Gasteiger partial charge in [-0.25, -0.2) is 4.98 Å². The van der Waals surface area contributed by atoms with Crippen molar-refractivity contribution in [3.05, 3.63) is 73.5 Å². The van der Waals surface area contributed by atoms with Crippen LogP contribution in [0.15, 0.2) is 36.7 Å². The SMILES string of the molecule is Cc1cc(Oc2ncnc(Nc3cccc(Cl)c3C)c2[N+](=O)[O-])cc(C)c1Cl. The van der Waals surface area contributed by atoms with Crippen molar-refractivity contribution >= 4 is 40.4 Å². The van der Waals surface area contributed by atoms with Crippen LogP contribution >= 0.6 is 23.2 Å². The van der Waals surface area contributed by atoms with E-state index in [1.807, 2.05) is 13.8 Å². The lowest BCUT2D eigenvalue weighted by Crippen LogP contribution is -2.04. The van der Waals surface area contributed by atoms with Crippen LogP contribution in [0.1, 0.15) is 16.7 Å². The van der Waals surface area contributed by atoms with Crippen LogP contribution in [0.5, 0.6) is 11.6 Å². The minimum Gasteiger partial charge on any atom is -0.434 e. The number of nitrogens with one attached hydrogen (secondary N) is 1. The van der Waals surface area contributed by atoms with Gasteiger partial charge in [0.15, 0.2) is 0 Å². The van der Waals surface area contributed by atoms with Crippen molar-refractivity contribution in [2.45, 2.75) is 20.8 Å². The summed E-state index contributed by atoms with van der Waals surface area (Å²) in [7, 11) is 0. The number of benzene rings is 2. The molecule has 1 N–H and O–H groups in total. The third kappa shape index (κ3) is 4.00. The molecule has 7 nitrogen and oxygen atoms in total. The van der Waals surface area contributed by atoms with Crippen LogP contribution in [0.25, 0.3) is 0 Å². The minimum atomic E-state index is -0.590. The van der Waals surface area contributed by atoms with Crippen molar-refractivity contribution in [2.75, 3.05) is 5.32 Å². The highest BCUT2D eigenvalue weighted by atomic mass is 35.5. The van der Waals surface area contributed by atoms with Gasteiger partial charge in [-0.3, -0.25) is 10.1 Å². The largest absolute Gasteiger partial charge is 0.434 e. The number of hydrogen-bond acceptors (Lipinski definition) is 6. The molecule has 0 aliphatic carbocycles. The van der Waals surface area contributed by atoms with E-state index in [0.29, 0.717) is 21.5 Å². The van der Waals surface area contributed by atoms with Crippen LogP contribution in [0.2, 0.25) is 10.0 Å². The predicted molar refractivity (Wildman–Crippen MR) is 109 cm³/mol. The molecule has 3 rings (SSSR count). The number of halogens is 2. The van der Waals surface area contributed by atoms with E-state index < -0.39 is 4.92 Å². The Labute approximate surface area is 171 Å². The molecule has 0 radical (unpaired) electrons. The van der Waals surface area contributed by atoms with E-state index in [9.17, 15) is 10.1 Å². The molecule has 0 saturated carbocycles. The van der Waals surface area contributed by atoms with Gasteiger partial charge in [-0.1, -0.05) is 29.3 Å². The van der Waals surface area contributed by atoms with Crippen LogP contribution in [-0.2, 0) is 0 Å². The smallest absolute Gasteiger partial charge is 0.373 e. The molecule has 0 amide bonds. The van der Waals surface area contributed by atoms with Crippen molar-refractivity contribution in [3.8, 4) is 11.6 Å². The predicted octanol–water partition coefficient (Wildman–Crippen LogP) is 6.15. The molecule has 0 fully saturated rings. The Kier molecular flexibility index (Phi) is 5.67. The zero-order valence-electron chi connectivity index (χ0n) is 15.3. The van der Waals surface area contributed by atoms with E-state index in [2.05, 4.69) is 15.3 Å². The molecule has 0 aliphatic rings. The zero-order valence-corrected chi connectivity index (χ0v) is 16.8. The first kappa shape index (κ1) is 19.9. The second-order valence-corrected chi connectivity index (χ2v) is 6.93. The van der Waals surface area contributed by atoms with Crippen molar-refractivity contribution < 1.29 is 9.66 Å². The normalized spacial score (nSPS) is 10.6. The lowest BCUT2D eigenvalue weighted by atomic mass is 10.1. The topological polar surface area (TPSA) is 90.2 Å². The van der Waals surface area contributed by atoms with Gasteiger partial charge >= 0.3 is 11.6 Å². The summed E-state index contributed by atoms with van der Waals surface area (Å²) in [4.78, 5) is 19.1. The second kappa shape index (κ2) is 8.00. The lowest BCUT2D eigenvalue weighted by Gasteiger charge is -2.12. The van der Waals surface area contributed by atoms with Crippen LogP contribution in [-0.4, -0.2) is 14.9 Å². The first-order valence-electron chi connectivity index (χ1n) is 8.24. The summed E-state index contributed by atoms with van der Waals surface area (Å²) in [6.45, 7) is 5.45. The molecule has 9 heteroatoms. The van der Waals surface area contributed by atoms with Crippen molar-refractivity contribution in [2.24, 2.45) is 0 Å². The van der Waals surface area contributed by atoms with Gasteiger partial charge < -0.3 is 10.1 Å². The molecule has 1 aromatic heterocycles. The van der Waals surface area contributed by atoms with Gasteiger partial charge in [-0.2, -0.15) is 4.98 Å². The second-order valence-electron chi connectivity index (χ2n) is 6.14. The lowest BCUT2D eigenvalue weighted by molar-refractivity contribution is -0.385. The summed E-state index contributed by atoms with van der Waals surface area (Å²) < 4.78 is 5.70. The van der Waals surface area contributed by atoms with E-state index in [-0.39, 0.29) is 17.4 Å². The third-order valence-electron chi connectivity index (χ3n) is 4.12. The standard InChI is InChI=1S/C19H16Cl2N4O3/c1-10-7-13(8-11(2)16(10)21)28-19-17(25(26)27)18(22-9-23-19)24-15-6-4-5-14(20)12(15)3/h4-9H,1-3H3,(H,22,23,24). The zero-order chi connectivity index (χ0) is 20.4. The average Bonchev–Trinajstić information content (AvgIpc) is 2.63. The van der Waals surface area contributed by atoms with Crippen molar-refractivity contribution in [1.82, 2.24) is 9.97 Å². The molecular weight excluding hydrogens is 403 g/mol. The summed E-state index contributed by atoms with van der Waals surface area (Å²) in [5.74, 6) is 0.220. The number of nitro groups is 1. The van der Waals surface area contributed by atoms with Gasteiger partial charge in [0.05, 0.1) is 4.92 Å². The summed E-state index contributed by atoms with van der Waals surface area (Å²) in [5, 5.41) is 15.8. The molecule has 0 unspecified atom stereocenters. The van der Waals surface area contributed by atoms with E-state index in [4.69, 9.17) is 27.9 Å². The molecule has 0 aliphatic heterocycles. The Morgan fingerprint density at radius 1 is 1.11 bits per heavy atom. The molecule has 0 spiro atoms. The van der Waals surface area contributed by atoms with Crippen molar-refractivity contribution in [3.63, 3.8) is 0 Å². The quantitative estimate of drug-likeness (QED) is 0.394. The average molecular weight is 419 g/mol. The van der Waals surface area contributed by atoms with Gasteiger partial charge in [0.2, 0.25) is 5.82 Å². The van der Waals surface area contributed by atoms with Crippen LogP contribution in [0.3, 0.4) is 0 Å². The summed E-state index contributed by atoms with van der Waals surface area (Å²) in [6.07, 6.45) is 1.19. The summed E-state index contributed by atoms with van der Waals surface area (Å²) >= 11 is 12.3. The number of anilines is 2. The fourth-order valence-corrected chi connectivity index (χ4v) is 2.92. The van der Waals surface area contributed by atoms with Gasteiger partial charge in [0.1, 0.15) is 12.1 Å². The van der Waals surface area contributed by atoms with Crippen LogP contribution < -0.4 is 10.1 Å². The molecule has 1 heterocycles. The number of nitrogens with zero attached hydrogens (tertiary/aromatic N) is 3. The Hall–Kier alpha value is -2.90. The minimum absolute atomic E-state index is 0.00257. The highest BCUT2D eigenvalue weighted by molar-refractivity contribution is 6.32. The summed E-state index contributed by atoms with van der Waals surface area (Å²) in [5.41, 5.74) is 2.54. The maximum absolute atomic E-state index is 11.7. The number of rotatable bonds is 5. The van der Waals surface area contributed by atoms with Gasteiger partial charge in [0, 0.05) is 15.7 Å². The van der Waals surface area contributed by atoms with Gasteiger partial charge in [-0.05, 0) is 61.7 Å². The fraction of sp³-hybridized carbons (Fsp3) is 0.158. The summed E-state index contributed by atoms with van der Waals surface area (Å²) in [6, 6.07) is 8.60. The Balaban J connectivity index is 2.03. The van der Waals surface area contributed by atoms with Crippen molar-refractivity contribution in [1.29, 1.82) is 0 Å². The Morgan fingerprint density at radius 3 is 2.43 bits per heavy atom. The van der Waals surface area contributed by atoms with Crippen LogP contribution in [0.4, 0.5) is 17.2 Å². The van der Waals surface area contributed by atoms with E-state index in [1.165, 1.54) is 6.33 Å². The molecular formula is C19H16Cl2N4O3. The molecule has 2 aromatic carbocycles. The van der Waals surface area contributed by atoms with Gasteiger partial charge in [-0.15, -0.1) is 0 Å². The molecule has 0 saturated heterocycles. The molecule has 28 heavy (non-hydrogen) atoms. The number of aryl methyl sites for hydroxylation is 2. The first-order chi connectivity index (χ1) is 13.3. The molecule has 144 valence electrons. The maximum Gasteiger partial charge on any atom is 0.373 e. The van der Waals surface area contributed by atoms with Gasteiger partial charge in [0.25, 0.3) is 0 Å². The highest BCUT2D eigenvalue weighted by Crippen LogP contribution is 2.37. The molecule has 0 bridgehead atoms. The molecule has 3 aromatic rings. The Morgan fingerprint density at radius 2 is 1.79 bits per heavy atom. The fourth-order valence-electron chi connectivity index (χ4n) is 2.64. The van der Waals surface area contributed by atoms with Crippen LogP contribution in [0, 0.1) is 30.9 Å². The van der Waals surface area contributed by atoms with E-state index >= 15 is 0 Å². The monoisotopic (exact) mass is 418 g/mol. The molecule has 0 atom stereocenters. The van der Waals surface area contributed by atoms with E-state index in [0.717, 1.165) is 16.7 Å².